The van der Waals surface area contributed by atoms with Crippen LogP contribution in [0, 0.1) is 6.92 Å². The molecule has 0 radical (unpaired) electrons. The molecule has 0 fully saturated rings. The molecule has 3 rings (SSSR count). The van der Waals surface area contributed by atoms with E-state index in [1.165, 1.54) is 26.9 Å². The van der Waals surface area contributed by atoms with Gasteiger partial charge in [0.05, 0.1) is 10.7 Å². The van der Waals surface area contributed by atoms with E-state index in [4.69, 9.17) is 4.98 Å². The van der Waals surface area contributed by atoms with Crippen LogP contribution in [0.4, 0.5) is 0 Å². The van der Waals surface area contributed by atoms with Crippen LogP contribution in [-0.2, 0) is 0 Å². The first-order valence-electron chi connectivity index (χ1n) is 6.61. The molecule has 0 spiro atoms. The molecule has 0 aliphatic carbocycles. The monoisotopic (exact) mass is 267 g/mol. The van der Waals surface area contributed by atoms with E-state index in [1.807, 2.05) is 0 Å². The van der Waals surface area contributed by atoms with E-state index in [0.717, 1.165) is 5.69 Å². The number of hydrogen-bond acceptors (Lipinski definition) is 2. The van der Waals surface area contributed by atoms with Crippen LogP contribution in [0.3, 0.4) is 0 Å². The molecule has 0 amide bonds. The number of aryl methyl sites for hydroxylation is 1. The summed E-state index contributed by atoms with van der Waals surface area (Å²) in [6.07, 6.45) is 0. The van der Waals surface area contributed by atoms with Crippen molar-refractivity contribution in [2.45, 2.75) is 26.7 Å². The molecule has 0 atom stereocenters. The number of benzene rings is 2. The second-order valence-corrected chi connectivity index (χ2v) is 6.09. The van der Waals surface area contributed by atoms with Gasteiger partial charge in [0.25, 0.3) is 0 Å². The van der Waals surface area contributed by atoms with Crippen LogP contribution < -0.4 is 0 Å². The zero-order valence-electron chi connectivity index (χ0n) is 11.5. The maximum atomic E-state index is 4.78. The highest BCUT2D eigenvalue weighted by atomic mass is 32.1. The van der Waals surface area contributed by atoms with Crippen LogP contribution in [0.15, 0.2) is 41.8 Å². The quantitative estimate of drug-likeness (QED) is 0.606. The Bertz CT molecular complexity index is 725. The molecule has 3 aromatic rings. The van der Waals surface area contributed by atoms with E-state index >= 15 is 0 Å². The lowest BCUT2D eigenvalue weighted by atomic mass is 9.99. The van der Waals surface area contributed by atoms with E-state index in [9.17, 15) is 0 Å². The van der Waals surface area contributed by atoms with Crippen molar-refractivity contribution in [3.8, 4) is 11.3 Å². The zero-order valence-corrected chi connectivity index (χ0v) is 12.3. The van der Waals surface area contributed by atoms with Crippen LogP contribution >= 0.6 is 11.3 Å². The number of thiazole rings is 1. The lowest BCUT2D eigenvalue weighted by Crippen LogP contribution is -1.87. The van der Waals surface area contributed by atoms with Crippen molar-refractivity contribution in [1.82, 2.24) is 4.98 Å². The lowest BCUT2D eigenvalue weighted by molar-refractivity contribution is 0.854. The summed E-state index contributed by atoms with van der Waals surface area (Å²) in [7, 11) is 0. The summed E-state index contributed by atoms with van der Waals surface area (Å²) < 4.78 is 0. The Morgan fingerprint density at radius 3 is 2.42 bits per heavy atom. The Hall–Kier alpha value is -1.67. The third-order valence-corrected chi connectivity index (χ3v) is 4.58. The number of nitrogens with zero attached hydrogens (tertiary/aromatic N) is 1. The molecular weight excluding hydrogens is 250 g/mol. The van der Waals surface area contributed by atoms with Crippen molar-refractivity contribution < 1.29 is 0 Å². The van der Waals surface area contributed by atoms with E-state index in [1.54, 1.807) is 11.3 Å². The highest BCUT2D eigenvalue weighted by molar-refractivity contribution is 7.10. The number of fused-ring (bicyclic) bond motifs is 1. The summed E-state index contributed by atoms with van der Waals surface area (Å²) in [6.45, 7) is 6.54. The van der Waals surface area contributed by atoms with Gasteiger partial charge in [-0.25, -0.2) is 4.98 Å². The molecule has 0 saturated heterocycles. The SMILES string of the molecule is Cc1ccc(-c2csc(C(C)C)n2)c2ccccc12. The largest absolute Gasteiger partial charge is 0.241 e. The van der Waals surface area contributed by atoms with Crippen molar-refractivity contribution in [3.05, 3.63) is 52.3 Å². The summed E-state index contributed by atoms with van der Waals surface area (Å²) in [5.41, 5.74) is 3.66. The molecule has 0 N–H and O–H groups in total. The van der Waals surface area contributed by atoms with Crippen LogP contribution in [0.25, 0.3) is 22.0 Å². The summed E-state index contributed by atoms with van der Waals surface area (Å²) in [4.78, 5) is 4.78. The number of hydrogen-bond donors (Lipinski definition) is 0. The normalized spacial score (nSPS) is 11.4. The molecule has 0 unspecified atom stereocenters. The zero-order chi connectivity index (χ0) is 13.4. The first-order chi connectivity index (χ1) is 9.16. The summed E-state index contributed by atoms with van der Waals surface area (Å²) in [6, 6.07) is 12.9. The molecule has 0 bridgehead atoms. The van der Waals surface area contributed by atoms with Gasteiger partial charge in [0.2, 0.25) is 0 Å². The highest BCUT2D eigenvalue weighted by Crippen LogP contribution is 2.32. The molecule has 0 saturated carbocycles. The number of aromatic nitrogens is 1. The minimum atomic E-state index is 0.496. The van der Waals surface area contributed by atoms with Crippen molar-refractivity contribution in [3.63, 3.8) is 0 Å². The molecule has 2 heteroatoms. The Labute approximate surface area is 117 Å². The van der Waals surface area contributed by atoms with Gasteiger partial charge in [-0.05, 0) is 23.3 Å². The molecule has 1 nitrogen and oxygen atoms in total. The Morgan fingerprint density at radius 1 is 1.00 bits per heavy atom. The predicted molar refractivity (Wildman–Crippen MR) is 83.9 cm³/mol. The first-order valence-corrected chi connectivity index (χ1v) is 7.49. The van der Waals surface area contributed by atoms with E-state index in [2.05, 4.69) is 62.5 Å². The molecule has 0 aliphatic rings. The molecular formula is C17H17NS. The Balaban J connectivity index is 2.22. The highest BCUT2D eigenvalue weighted by Gasteiger charge is 2.10. The van der Waals surface area contributed by atoms with Crippen molar-refractivity contribution in [1.29, 1.82) is 0 Å². The van der Waals surface area contributed by atoms with Crippen molar-refractivity contribution >= 4 is 22.1 Å². The van der Waals surface area contributed by atoms with Gasteiger partial charge in [0, 0.05) is 16.9 Å². The molecule has 2 aromatic carbocycles. The van der Waals surface area contributed by atoms with E-state index in [-0.39, 0.29) is 0 Å². The van der Waals surface area contributed by atoms with Gasteiger partial charge >= 0.3 is 0 Å². The van der Waals surface area contributed by atoms with Gasteiger partial charge in [-0.1, -0.05) is 50.2 Å². The smallest absolute Gasteiger partial charge is 0.0958 e. The molecule has 0 aliphatic heterocycles. The Morgan fingerprint density at radius 2 is 1.74 bits per heavy atom. The minimum absolute atomic E-state index is 0.496. The Kier molecular flexibility index (Phi) is 3.11. The first kappa shape index (κ1) is 12.4. The van der Waals surface area contributed by atoms with Gasteiger partial charge < -0.3 is 0 Å². The van der Waals surface area contributed by atoms with Crippen molar-refractivity contribution in [2.75, 3.05) is 0 Å². The maximum absolute atomic E-state index is 4.78. The van der Waals surface area contributed by atoms with Crippen LogP contribution in [0.2, 0.25) is 0 Å². The molecule has 1 heterocycles. The fourth-order valence-corrected chi connectivity index (χ4v) is 3.18. The van der Waals surface area contributed by atoms with Gasteiger partial charge in [-0.3, -0.25) is 0 Å². The summed E-state index contributed by atoms with van der Waals surface area (Å²) in [5.74, 6) is 0.496. The summed E-state index contributed by atoms with van der Waals surface area (Å²) >= 11 is 1.75. The second kappa shape index (κ2) is 4.78. The fourth-order valence-electron chi connectivity index (χ4n) is 2.35. The molecule has 96 valence electrons. The lowest BCUT2D eigenvalue weighted by Gasteiger charge is -2.07. The van der Waals surface area contributed by atoms with Crippen LogP contribution in [0.5, 0.6) is 0 Å². The average molecular weight is 267 g/mol. The summed E-state index contributed by atoms with van der Waals surface area (Å²) in [5, 5.41) is 5.99. The van der Waals surface area contributed by atoms with Crippen molar-refractivity contribution in [2.24, 2.45) is 0 Å². The van der Waals surface area contributed by atoms with Gasteiger partial charge in [0.1, 0.15) is 0 Å². The van der Waals surface area contributed by atoms with E-state index in [0.29, 0.717) is 5.92 Å². The van der Waals surface area contributed by atoms with Gasteiger partial charge in [-0.2, -0.15) is 0 Å². The molecule has 19 heavy (non-hydrogen) atoms. The average Bonchev–Trinajstić information content (AvgIpc) is 2.89. The van der Waals surface area contributed by atoms with Crippen LogP contribution in [-0.4, -0.2) is 4.98 Å². The van der Waals surface area contributed by atoms with Crippen LogP contribution in [0.1, 0.15) is 30.3 Å². The second-order valence-electron chi connectivity index (χ2n) is 5.20. The predicted octanol–water partition coefficient (Wildman–Crippen LogP) is 5.40. The number of rotatable bonds is 2. The third-order valence-electron chi connectivity index (χ3n) is 3.43. The standard InChI is InChI=1S/C17H17NS/c1-11(2)17-18-16(10-19-17)15-9-8-12(3)13-6-4-5-7-14(13)15/h4-11H,1-3H3. The van der Waals surface area contributed by atoms with E-state index < -0.39 is 0 Å². The van der Waals surface area contributed by atoms with Gasteiger partial charge in [-0.15, -0.1) is 11.3 Å². The third kappa shape index (κ3) is 2.17. The topological polar surface area (TPSA) is 12.9 Å². The van der Waals surface area contributed by atoms with Gasteiger partial charge in [0.15, 0.2) is 0 Å². The maximum Gasteiger partial charge on any atom is 0.0958 e. The fraction of sp³-hybridized carbons (Fsp3) is 0.235. The minimum Gasteiger partial charge on any atom is -0.241 e. The molecule has 1 aromatic heterocycles.